The summed E-state index contributed by atoms with van der Waals surface area (Å²) in [5, 5.41) is 0. The molecule has 0 amide bonds. The highest BCUT2D eigenvalue weighted by Crippen LogP contribution is 2.11. The summed E-state index contributed by atoms with van der Waals surface area (Å²) in [6.07, 6.45) is 1.56. The van der Waals surface area contributed by atoms with Gasteiger partial charge in [-0.15, -0.1) is 0 Å². The van der Waals surface area contributed by atoms with Crippen molar-refractivity contribution in [3.05, 3.63) is 34.2 Å². The number of nitrogens with one attached hydrogen (secondary N) is 1. The molecule has 0 bridgehead atoms. The number of pyridine rings is 1. The average Bonchev–Trinajstić information content (AvgIpc) is 2.17. The summed E-state index contributed by atoms with van der Waals surface area (Å²) < 4.78 is 4.47. The molecule has 0 radical (unpaired) electrons. The largest absolute Gasteiger partial charge is 0.469 e. The minimum Gasteiger partial charge on any atom is -0.469 e. The van der Waals surface area contributed by atoms with Crippen molar-refractivity contribution in [1.82, 2.24) is 4.98 Å². The van der Waals surface area contributed by atoms with E-state index < -0.39 is 12.0 Å². The molecule has 5 nitrogen and oxygen atoms in total. The number of carbonyl (C=O) groups excluding carboxylic acids is 1. The molecule has 0 aliphatic heterocycles. The zero-order valence-electron chi connectivity index (χ0n) is 7.82. The van der Waals surface area contributed by atoms with Gasteiger partial charge in [0.25, 0.3) is 0 Å². The Hall–Kier alpha value is -1.62. The van der Waals surface area contributed by atoms with Crippen molar-refractivity contribution >= 4 is 5.97 Å². The Balaban J connectivity index is 2.74. The molecule has 76 valence electrons. The van der Waals surface area contributed by atoms with E-state index in [4.69, 9.17) is 5.73 Å². The van der Waals surface area contributed by atoms with Crippen LogP contribution < -0.4 is 11.3 Å². The number of ether oxygens (including phenoxy) is 1. The molecule has 0 aliphatic rings. The number of rotatable bonds is 3. The van der Waals surface area contributed by atoms with Gasteiger partial charge in [-0.1, -0.05) is 0 Å². The lowest BCUT2D eigenvalue weighted by Gasteiger charge is -2.09. The number of aromatic amines is 1. The smallest absolute Gasteiger partial charge is 0.307 e. The van der Waals surface area contributed by atoms with Gasteiger partial charge in [0.2, 0.25) is 5.56 Å². The van der Waals surface area contributed by atoms with Gasteiger partial charge >= 0.3 is 5.97 Å². The summed E-state index contributed by atoms with van der Waals surface area (Å²) >= 11 is 0. The predicted octanol–water partition coefficient (Wildman–Crippen LogP) is -0.0622. The lowest BCUT2D eigenvalue weighted by atomic mass is 10.1. The Bertz CT molecular complexity index is 372. The number of carbonyl (C=O) groups is 1. The first-order chi connectivity index (χ1) is 6.63. The van der Waals surface area contributed by atoms with Crippen LogP contribution in [-0.4, -0.2) is 18.1 Å². The van der Waals surface area contributed by atoms with Crippen LogP contribution in [0.3, 0.4) is 0 Å². The van der Waals surface area contributed by atoms with Crippen LogP contribution in [-0.2, 0) is 9.53 Å². The molecule has 1 aromatic rings. The molecule has 1 atom stereocenters. The topological polar surface area (TPSA) is 85.2 Å². The van der Waals surface area contributed by atoms with Gasteiger partial charge in [-0.3, -0.25) is 9.59 Å². The van der Waals surface area contributed by atoms with E-state index in [1.165, 1.54) is 19.4 Å². The number of hydrogen-bond donors (Lipinski definition) is 2. The van der Waals surface area contributed by atoms with Gasteiger partial charge in [0.15, 0.2) is 0 Å². The maximum absolute atomic E-state index is 10.9. The number of hydrogen-bond acceptors (Lipinski definition) is 4. The maximum atomic E-state index is 10.9. The molecule has 1 rings (SSSR count). The van der Waals surface area contributed by atoms with Crippen molar-refractivity contribution in [3.8, 4) is 0 Å². The van der Waals surface area contributed by atoms with Gasteiger partial charge in [0.1, 0.15) is 0 Å². The summed E-state index contributed by atoms with van der Waals surface area (Å²) in [5.41, 5.74) is 6.08. The molecule has 0 saturated heterocycles. The lowest BCUT2D eigenvalue weighted by molar-refractivity contribution is -0.141. The second-order valence-electron chi connectivity index (χ2n) is 2.87. The molecule has 0 aliphatic carbocycles. The summed E-state index contributed by atoms with van der Waals surface area (Å²) in [6, 6.07) is 2.53. The monoisotopic (exact) mass is 196 g/mol. The lowest BCUT2D eigenvalue weighted by Crippen LogP contribution is -2.18. The third-order valence-corrected chi connectivity index (χ3v) is 1.84. The van der Waals surface area contributed by atoms with Crippen LogP contribution in [0.5, 0.6) is 0 Å². The predicted molar refractivity (Wildman–Crippen MR) is 50.6 cm³/mol. The number of H-pyrrole nitrogens is 1. The first kappa shape index (κ1) is 10.5. The van der Waals surface area contributed by atoms with Crippen LogP contribution in [0.25, 0.3) is 0 Å². The van der Waals surface area contributed by atoms with Crippen LogP contribution in [0.4, 0.5) is 0 Å². The van der Waals surface area contributed by atoms with Crippen molar-refractivity contribution in [2.45, 2.75) is 12.5 Å². The molecule has 0 fully saturated rings. The Labute approximate surface area is 80.9 Å². The highest BCUT2D eigenvalue weighted by molar-refractivity contribution is 5.70. The minimum atomic E-state index is -0.496. The van der Waals surface area contributed by atoms with Gasteiger partial charge in [0, 0.05) is 18.3 Å². The normalized spacial score (nSPS) is 12.1. The van der Waals surface area contributed by atoms with Gasteiger partial charge < -0.3 is 15.5 Å². The van der Waals surface area contributed by atoms with Gasteiger partial charge in [-0.2, -0.15) is 0 Å². The molecule has 0 aromatic carbocycles. The van der Waals surface area contributed by atoms with Crippen LogP contribution in [0.1, 0.15) is 18.0 Å². The fourth-order valence-electron chi connectivity index (χ4n) is 1.07. The highest BCUT2D eigenvalue weighted by Gasteiger charge is 2.11. The van der Waals surface area contributed by atoms with E-state index in [0.29, 0.717) is 5.56 Å². The van der Waals surface area contributed by atoms with Crippen LogP contribution in [0, 0.1) is 0 Å². The van der Waals surface area contributed by atoms with Crippen LogP contribution in [0.2, 0.25) is 0 Å². The standard InChI is InChI=1S/C9H12N2O3/c1-14-9(13)5-7(10)6-2-3-11-8(12)4-6/h2-4,7H,5,10H2,1H3,(H,11,12)/t7-/m0/s1. The van der Waals surface area contributed by atoms with Crippen LogP contribution in [0.15, 0.2) is 23.1 Å². The van der Waals surface area contributed by atoms with E-state index >= 15 is 0 Å². The molecular weight excluding hydrogens is 184 g/mol. The van der Waals surface area contributed by atoms with Crippen molar-refractivity contribution < 1.29 is 9.53 Å². The minimum absolute atomic E-state index is 0.0694. The number of esters is 1. The van der Waals surface area contributed by atoms with Gasteiger partial charge in [-0.25, -0.2) is 0 Å². The van der Waals surface area contributed by atoms with Crippen molar-refractivity contribution in [3.63, 3.8) is 0 Å². The zero-order valence-corrected chi connectivity index (χ0v) is 7.82. The van der Waals surface area contributed by atoms with E-state index in [9.17, 15) is 9.59 Å². The first-order valence-electron chi connectivity index (χ1n) is 4.14. The molecule has 14 heavy (non-hydrogen) atoms. The fraction of sp³-hybridized carbons (Fsp3) is 0.333. The Morgan fingerprint density at radius 2 is 2.43 bits per heavy atom. The summed E-state index contributed by atoms with van der Waals surface area (Å²) in [7, 11) is 1.30. The van der Waals surface area contributed by atoms with Gasteiger partial charge in [-0.05, 0) is 11.6 Å². The second-order valence-corrected chi connectivity index (χ2v) is 2.87. The van der Waals surface area contributed by atoms with Crippen LogP contribution >= 0.6 is 0 Å². The molecule has 0 saturated carbocycles. The van der Waals surface area contributed by atoms with Gasteiger partial charge in [0.05, 0.1) is 13.5 Å². The van der Waals surface area contributed by atoms with E-state index in [0.717, 1.165) is 0 Å². The fourth-order valence-corrected chi connectivity index (χ4v) is 1.07. The van der Waals surface area contributed by atoms with E-state index in [2.05, 4.69) is 9.72 Å². The molecule has 1 heterocycles. The molecule has 5 heteroatoms. The SMILES string of the molecule is COC(=O)C[C@H](N)c1cc[nH]c(=O)c1. The molecule has 0 spiro atoms. The van der Waals surface area contributed by atoms with Crippen molar-refractivity contribution in [1.29, 1.82) is 0 Å². The molecule has 3 N–H and O–H groups in total. The first-order valence-corrected chi connectivity index (χ1v) is 4.14. The second kappa shape index (κ2) is 4.57. The number of aromatic nitrogens is 1. The third kappa shape index (κ3) is 2.70. The third-order valence-electron chi connectivity index (χ3n) is 1.84. The highest BCUT2D eigenvalue weighted by atomic mass is 16.5. The molecular formula is C9H12N2O3. The van der Waals surface area contributed by atoms with E-state index in [1.54, 1.807) is 6.07 Å². The summed E-state index contributed by atoms with van der Waals surface area (Å²) in [4.78, 5) is 24.3. The zero-order chi connectivity index (χ0) is 10.6. The molecule has 0 unspecified atom stereocenters. The van der Waals surface area contributed by atoms with Crippen molar-refractivity contribution in [2.24, 2.45) is 5.73 Å². The Morgan fingerprint density at radius 1 is 1.71 bits per heavy atom. The summed E-state index contributed by atoms with van der Waals surface area (Å²) in [6.45, 7) is 0. The van der Waals surface area contributed by atoms with E-state index in [1.807, 2.05) is 0 Å². The average molecular weight is 196 g/mol. The Kier molecular flexibility index (Phi) is 3.41. The maximum Gasteiger partial charge on any atom is 0.307 e. The molecule has 1 aromatic heterocycles. The van der Waals surface area contributed by atoms with E-state index in [-0.39, 0.29) is 12.0 Å². The number of methoxy groups -OCH3 is 1. The number of nitrogens with two attached hydrogens (primary N) is 1. The summed E-state index contributed by atoms with van der Waals surface area (Å²) in [5.74, 6) is -0.391. The Morgan fingerprint density at radius 3 is 3.00 bits per heavy atom. The quantitative estimate of drug-likeness (QED) is 0.663. The van der Waals surface area contributed by atoms with Crippen molar-refractivity contribution in [2.75, 3.05) is 7.11 Å².